The molecular weight excluding hydrogens is 257 g/mol. The third kappa shape index (κ3) is 4.30. The Morgan fingerprint density at radius 1 is 1.35 bits per heavy atom. The molecule has 1 aliphatic rings. The van der Waals surface area contributed by atoms with Gasteiger partial charge in [-0.25, -0.2) is 4.39 Å². The summed E-state index contributed by atoms with van der Waals surface area (Å²) < 4.78 is 18.4. The van der Waals surface area contributed by atoms with E-state index in [1.54, 1.807) is 12.1 Å². The molecule has 1 aliphatic carbocycles. The molecular formula is C16H22FNO2. The van der Waals surface area contributed by atoms with E-state index in [4.69, 9.17) is 4.74 Å². The second kappa shape index (κ2) is 6.84. The Morgan fingerprint density at radius 3 is 2.55 bits per heavy atom. The average molecular weight is 279 g/mol. The molecule has 1 amide bonds. The Hall–Kier alpha value is -1.42. The smallest absolute Gasteiger partial charge is 0.227 e. The van der Waals surface area contributed by atoms with E-state index < -0.39 is 0 Å². The van der Waals surface area contributed by atoms with Crippen LogP contribution in [0.2, 0.25) is 0 Å². The van der Waals surface area contributed by atoms with Crippen molar-refractivity contribution in [2.75, 3.05) is 13.2 Å². The zero-order valence-corrected chi connectivity index (χ0v) is 12.1. The predicted octanol–water partition coefficient (Wildman–Crippen LogP) is 2.86. The maximum atomic E-state index is 13.0. The summed E-state index contributed by atoms with van der Waals surface area (Å²) in [5.41, 5.74) is 0.899. The van der Waals surface area contributed by atoms with Gasteiger partial charge in [-0.15, -0.1) is 0 Å². The molecule has 0 bridgehead atoms. The SMILES string of the molecule is CC(C)OCCNC(=O)C(c1ccc(F)cc1)C1CC1. The Labute approximate surface area is 119 Å². The molecule has 20 heavy (non-hydrogen) atoms. The first-order valence-corrected chi connectivity index (χ1v) is 7.22. The van der Waals surface area contributed by atoms with E-state index in [1.165, 1.54) is 12.1 Å². The lowest BCUT2D eigenvalue weighted by Gasteiger charge is -2.17. The molecule has 1 aromatic carbocycles. The molecule has 1 fully saturated rings. The largest absolute Gasteiger partial charge is 0.377 e. The van der Waals surface area contributed by atoms with Crippen LogP contribution in [-0.4, -0.2) is 25.2 Å². The summed E-state index contributed by atoms with van der Waals surface area (Å²) in [6.45, 7) is 4.96. The zero-order valence-electron chi connectivity index (χ0n) is 12.1. The first-order valence-electron chi connectivity index (χ1n) is 7.22. The number of carbonyl (C=O) groups is 1. The van der Waals surface area contributed by atoms with Crippen molar-refractivity contribution in [1.29, 1.82) is 0 Å². The summed E-state index contributed by atoms with van der Waals surface area (Å²) in [5, 5.41) is 2.91. The van der Waals surface area contributed by atoms with Gasteiger partial charge in [-0.05, 0) is 50.3 Å². The normalized spacial score (nSPS) is 16.2. The molecule has 0 aromatic heterocycles. The van der Waals surface area contributed by atoms with E-state index in [0.29, 0.717) is 19.1 Å². The minimum absolute atomic E-state index is 0.0199. The fourth-order valence-corrected chi connectivity index (χ4v) is 2.32. The second-order valence-corrected chi connectivity index (χ2v) is 5.58. The van der Waals surface area contributed by atoms with Crippen molar-refractivity contribution in [3.05, 3.63) is 35.6 Å². The number of benzene rings is 1. The van der Waals surface area contributed by atoms with Gasteiger partial charge in [0.15, 0.2) is 0 Å². The van der Waals surface area contributed by atoms with Crippen molar-refractivity contribution in [1.82, 2.24) is 5.32 Å². The van der Waals surface area contributed by atoms with Gasteiger partial charge in [-0.2, -0.15) is 0 Å². The summed E-state index contributed by atoms with van der Waals surface area (Å²) in [7, 11) is 0. The van der Waals surface area contributed by atoms with Crippen LogP contribution in [-0.2, 0) is 9.53 Å². The van der Waals surface area contributed by atoms with Gasteiger partial charge in [0.1, 0.15) is 5.82 Å². The summed E-state index contributed by atoms with van der Waals surface area (Å²) in [4.78, 5) is 12.3. The first-order chi connectivity index (χ1) is 9.58. The standard InChI is InChI=1S/C16H22FNO2/c1-11(2)20-10-9-18-16(19)15(12-3-4-12)13-5-7-14(17)8-6-13/h5-8,11-12,15H,3-4,9-10H2,1-2H3,(H,18,19). The van der Waals surface area contributed by atoms with Crippen LogP contribution in [0, 0.1) is 11.7 Å². The van der Waals surface area contributed by atoms with Crippen molar-refractivity contribution in [2.24, 2.45) is 5.92 Å². The van der Waals surface area contributed by atoms with E-state index in [1.807, 2.05) is 13.8 Å². The van der Waals surface area contributed by atoms with Crippen molar-refractivity contribution in [2.45, 2.75) is 38.7 Å². The van der Waals surface area contributed by atoms with Gasteiger partial charge in [0, 0.05) is 6.54 Å². The number of ether oxygens (including phenoxy) is 1. The summed E-state index contributed by atoms with van der Waals surface area (Å²) in [5.74, 6) is -0.0124. The minimum Gasteiger partial charge on any atom is -0.377 e. The maximum absolute atomic E-state index is 13.0. The van der Waals surface area contributed by atoms with Gasteiger partial charge in [-0.1, -0.05) is 12.1 Å². The van der Waals surface area contributed by atoms with Gasteiger partial charge >= 0.3 is 0 Å². The molecule has 0 aliphatic heterocycles. The molecule has 1 unspecified atom stereocenters. The molecule has 0 spiro atoms. The monoisotopic (exact) mass is 279 g/mol. The number of hydrogen-bond acceptors (Lipinski definition) is 2. The van der Waals surface area contributed by atoms with Crippen LogP contribution in [0.15, 0.2) is 24.3 Å². The molecule has 0 saturated heterocycles. The molecule has 2 rings (SSSR count). The fourth-order valence-electron chi connectivity index (χ4n) is 2.32. The van der Waals surface area contributed by atoms with Crippen LogP contribution in [0.4, 0.5) is 4.39 Å². The summed E-state index contributed by atoms with van der Waals surface area (Å²) in [6, 6.07) is 6.25. The van der Waals surface area contributed by atoms with Crippen molar-refractivity contribution in [3.8, 4) is 0 Å². The molecule has 0 radical (unpaired) electrons. The Morgan fingerprint density at radius 2 is 2.00 bits per heavy atom. The van der Waals surface area contributed by atoms with E-state index >= 15 is 0 Å². The highest BCUT2D eigenvalue weighted by Crippen LogP contribution is 2.42. The van der Waals surface area contributed by atoms with E-state index in [0.717, 1.165) is 18.4 Å². The quantitative estimate of drug-likeness (QED) is 0.779. The van der Waals surface area contributed by atoms with E-state index in [2.05, 4.69) is 5.32 Å². The minimum atomic E-state index is -0.269. The topological polar surface area (TPSA) is 38.3 Å². The van der Waals surface area contributed by atoms with Gasteiger partial charge in [0.2, 0.25) is 5.91 Å². The van der Waals surface area contributed by atoms with Crippen molar-refractivity contribution in [3.63, 3.8) is 0 Å². The molecule has 0 heterocycles. The second-order valence-electron chi connectivity index (χ2n) is 5.58. The average Bonchev–Trinajstić information content (AvgIpc) is 3.22. The number of halogens is 1. The third-order valence-electron chi connectivity index (χ3n) is 3.46. The molecule has 1 aromatic rings. The van der Waals surface area contributed by atoms with E-state index in [9.17, 15) is 9.18 Å². The molecule has 3 nitrogen and oxygen atoms in total. The summed E-state index contributed by atoms with van der Waals surface area (Å²) in [6.07, 6.45) is 2.30. The van der Waals surface area contributed by atoms with Crippen molar-refractivity contribution < 1.29 is 13.9 Å². The van der Waals surface area contributed by atoms with Crippen LogP contribution < -0.4 is 5.32 Å². The first kappa shape index (κ1) is 15.0. The number of amides is 1. The van der Waals surface area contributed by atoms with Crippen molar-refractivity contribution >= 4 is 5.91 Å². The van der Waals surface area contributed by atoms with Gasteiger partial charge in [0.25, 0.3) is 0 Å². The molecule has 1 atom stereocenters. The number of carbonyl (C=O) groups excluding carboxylic acids is 1. The molecule has 110 valence electrons. The highest BCUT2D eigenvalue weighted by molar-refractivity contribution is 5.84. The molecule has 4 heteroatoms. The lowest BCUT2D eigenvalue weighted by molar-refractivity contribution is -0.123. The third-order valence-corrected chi connectivity index (χ3v) is 3.46. The van der Waals surface area contributed by atoms with Crippen LogP contribution in [0.1, 0.15) is 38.2 Å². The van der Waals surface area contributed by atoms with Crippen LogP contribution >= 0.6 is 0 Å². The van der Waals surface area contributed by atoms with Gasteiger partial charge in [-0.3, -0.25) is 4.79 Å². The Kier molecular flexibility index (Phi) is 5.12. The summed E-state index contributed by atoms with van der Waals surface area (Å²) >= 11 is 0. The Bertz CT molecular complexity index is 440. The van der Waals surface area contributed by atoms with Gasteiger partial charge < -0.3 is 10.1 Å². The van der Waals surface area contributed by atoms with Crippen LogP contribution in [0.5, 0.6) is 0 Å². The van der Waals surface area contributed by atoms with Crippen LogP contribution in [0.3, 0.4) is 0 Å². The highest BCUT2D eigenvalue weighted by Gasteiger charge is 2.37. The number of rotatable bonds is 7. The zero-order chi connectivity index (χ0) is 14.5. The molecule has 1 saturated carbocycles. The lowest BCUT2D eigenvalue weighted by Crippen LogP contribution is -2.33. The number of nitrogens with one attached hydrogen (secondary N) is 1. The van der Waals surface area contributed by atoms with Gasteiger partial charge in [0.05, 0.1) is 18.6 Å². The molecule has 1 N–H and O–H groups in total. The lowest BCUT2D eigenvalue weighted by atomic mass is 9.93. The van der Waals surface area contributed by atoms with E-state index in [-0.39, 0.29) is 23.7 Å². The predicted molar refractivity (Wildman–Crippen MR) is 76.0 cm³/mol. The fraction of sp³-hybridized carbons (Fsp3) is 0.562. The Balaban J connectivity index is 1.91. The number of hydrogen-bond donors (Lipinski definition) is 1. The highest BCUT2D eigenvalue weighted by atomic mass is 19.1. The van der Waals surface area contributed by atoms with Crippen LogP contribution in [0.25, 0.3) is 0 Å². The maximum Gasteiger partial charge on any atom is 0.227 e.